The Bertz CT molecular complexity index is 455. The third-order valence-electron chi connectivity index (χ3n) is 3.11. The number of benzene rings is 1. The summed E-state index contributed by atoms with van der Waals surface area (Å²) < 4.78 is 6.48. The van der Waals surface area contributed by atoms with Crippen LogP contribution in [0.3, 0.4) is 0 Å². The lowest BCUT2D eigenvalue weighted by Gasteiger charge is -2.34. The van der Waals surface area contributed by atoms with Crippen molar-refractivity contribution >= 4 is 27.7 Å². The molecular weight excluding hydrogens is 272 g/mol. The van der Waals surface area contributed by atoms with Gasteiger partial charge in [-0.3, -0.25) is 5.32 Å². The molecule has 0 saturated carbocycles. The average Bonchev–Trinajstić information content (AvgIpc) is 2.69. The van der Waals surface area contributed by atoms with Gasteiger partial charge >= 0.3 is 6.09 Å². The lowest BCUT2D eigenvalue weighted by Crippen LogP contribution is -2.41. The molecular formula is C11H11BrN2O2. The Labute approximate surface area is 101 Å². The third kappa shape index (κ3) is 1.43. The Morgan fingerprint density at radius 1 is 1.44 bits per heavy atom. The monoisotopic (exact) mass is 282 g/mol. The highest BCUT2D eigenvalue weighted by Gasteiger charge is 2.44. The second-order valence-electron chi connectivity index (χ2n) is 4.13. The number of carbonyl (C=O) groups excluding carboxylic acids is 1. The van der Waals surface area contributed by atoms with Crippen molar-refractivity contribution < 1.29 is 9.53 Å². The molecule has 1 atom stereocenters. The molecule has 4 nitrogen and oxygen atoms in total. The van der Waals surface area contributed by atoms with E-state index in [2.05, 4.69) is 26.6 Å². The summed E-state index contributed by atoms with van der Waals surface area (Å²) in [5, 5.41) is 5.97. The molecule has 1 unspecified atom stereocenters. The van der Waals surface area contributed by atoms with E-state index in [1.807, 2.05) is 18.2 Å². The maximum absolute atomic E-state index is 11.5. The van der Waals surface area contributed by atoms with Gasteiger partial charge in [0.15, 0.2) is 5.60 Å². The Balaban J connectivity index is 2.16. The van der Waals surface area contributed by atoms with E-state index in [9.17, 15) is 4.79 Å². The van der Waals surface area contributed by atoms with Gasteiger partial charge in [0.05, 0.1) is 5.69 Å². The zero-order chi connectivity index (χ0) is 11.2. The highest BCUT2D eigenvalue weighted by atomic mass is 79.9. The molecule has 2 aliphatic heterocycles. The third-order valence-corrected chi connectivity index (χ3v) is 3.61. The number of fused-ring (bicyclic) bond motifs is 2. The first-order valence-corrected chi connectivity index (χ1v) is 6.00. The number of nitrogens with one attached hydrogen (secondary N) is 2. The maximum atomic E-state index is 11.5. The summed E-state index contributed by atoms with van der Waals surface area (Å²) in [6, 6.07) is 5.84. The molecule has 2 heterocycles. The van der Waals surface area contributed by atoms with Gasteiger partial charge in [-0.15, -0.1) is 0 Å². The molecule has 0 aliphatic carbocycles. The first-order valence-electron chi connectivity index (χ1n) is 5.20. The summed E-state index contributed by atoms with van der Waals surface area (Å²) in [7, 11) is 0. The van der Waals surface area contributed by atoms with Crippen LogP contribution in [0.25, 0.3) is 0 Å². The van der Waals surface area contributed by atoms with E-state index in [1.54, 1.807) is 0 Å². The second kappa shape index (κ2) is 3.46. The molecule has 2 N–H and O–H groups in total. The van der Waals surface area contributed by atoms with Crippen LogP contribution in [-0.4, -0.2) is 19.2 Å². The average molecular weight is 283 g/mol. The summed E-state index contributed by atoms with van der Waals surface area (Å²) in [6.45, 7) is 1.56. The zero-order valence-electron chi connectivity index (χ0n) is 8.55. The minimum Gasteiger partial charge on any atom is -0.436 e. The fourth-order valence-corrected chi connectivity index (χ4v) is 2.72. The van der Waals surface area contributed by atoms with Crippen LogP contribution in [0.5, 0.6) is 0 Å². The fourth-order valence-electron chi connectivity index (χ4n) is 2.36. The van der Waals surface area contributed by atoms with E-state index >= 15 is 0 Å². The number of carbonyl (C=O) groups is 1. The second-order valence-corrected chi connectivity index (χ2v) is 5.04. The summed E-state index contributed by atoms with van der Waals surface area (Å²) >= 11 is 3.45. The number of rotatable bonds is 0. The minimum atomic E-state index is -0.485. The van der Waals surface area contributed by atoms with Crippen LogP contribution in [-0.2, 0) is 10.3 Å². The Morgan fingerprint density at radius 3 is 3.06 bits per heavy atom. The number of hydrogen-bond donors (Lipinski definition) is 2. The zero-order valence-corrected chi connectivity index (χ0v) is 10.1. The molecule has 84 valence electrons. The van der Waals surface area contributed by atoms with Crippen molar-refractivity contribution in [1.29, 1.82) is 0 Å². The van der Waals surface area contributed by atoms with Gasteiger partial charge in [0, 0.05) is 23.0 Å². The van der Waals surface area contributed by atoms with Gasteiger partial charge in [0.25, 0.3) is 0 Å². The number of anilines is 1. The topological polar surface area (TPSA) is 50.4 Å². The first kappa shape index (κ1) is 10.1. The van der Waals surface area contributed by atoms with Crippen LogP contribution in [0, 0.1) is 0 Å². The Hall–Kier alpha value is -1.07. The predicted octanol–water partition coefficient (Wildman–Crippen LogP) is 2.20. The van der Waals surface area contributed by atoms with E-state index in [0.29, 0.717) is 6.54 Å². The number of hydrogen-bond acceptors (Lipinski definition) is 3. The van der Waals surface area contributed by atoms with Crippen molar-refractivity contribution in [2.24, 2.45) is 0 Å². The van der Waals surface area contributed by atoms with Gasteiger partial charge in [0.2, 0.25) is 0 Å². The molecule has 1 aromatic carbocycles. The summed E-state index contributed by atoms with van der Waals surface area (Å²) in [5.74, 6) is 0. The molecule has 1 saturated heterocycles. The van der Waals surface area contributed by atoms with Crippen LogP contribution in [0.2, 0.25) is 0 Å². The van der Waals surface area contributed by atoms with Crippen LogP contribution in [0.4, 0.5) is 10.5 Å². The number of amides is 1. The largest absolute Gasteiger partial charge is 0.436 e. The van der Waals surface area contributed by atoms with Crippen LogP contribution >= 0.6 is 15.9 Å². The molecule has 1 amide bonds. The van der Waals surface area contributed by atoms with Gasteiger partial charge in [0.1, 0.15) is 0 Å². The van der Waals surface area contributed by atoms with Crippen LogP contribution in [0.15, 0.2) is 22.7 Å². The molecule has 3 rings (SSSR count). The van der Waals surface area contributed by atoms with Gasteiger partial charge in [-0.1, -0.05) is 15.9 Å². The minimum absolute atomic E-state index is 0.362. The Morgan fingerprint density at radius 2 is 2.31 bits per heavy atom. The fraction of sp³-hybridized carbons (Fsp3) is 0.364. The van der Waals surface area contributed by atoms with Crippen molar-refractivity contribution in [1.82, 2.24) is 5.32 Å². The molecule has 1 spiro atoms. The van der Waals surface area contributed by atoms with Gasteiger partial charge in [-0.2, -0.15) is 0 Å². The van der Waals surface area contributed by atoms with Gasteiger partial charge in [-0.25, -0.2) is 4.79 Å². The van der Waals surface area contributed by atoms with E-state index in [-0.39, 0.29) is 6.09 Å². The van der Waals surface area contributed by atoms with Crippen LogP contribution in [0.1, 0.15) is 12.0 Å². The van der Waals surface area contributed by atoms with Crippen molar-refractivity contribution in [3.63, 3.8) is 0 Å². The lowest BCUT2D eigenvalue weighted by molar-refractivity contribution is 0.0277. The number of halogens is 1. The molecule has 1 fully saturated rings. The molecule has 1 aromatic rings. The summed E-state index contributed by atoms with van der Waals surface area (Å²) in [5.41, 5.74) is 1.41. The van der Waals surface area contributed by atoms with Crippen molar-refractivity contribution in [3.8, 4) is 0 Å². The quantitative estimate of drug-likeness (QED) is 0.767. The van der Waals surface area contributed by atoms with Gasteiger partial charge in [-0.05, 0) is 24.7 Å². The van der Waals surface area contributed by atoms with Crippen molar-refractivity contribution in [2.45, 2.75) is 12.0 Å². The maximum Gasteiger partial charge on any atom is 0.412 e. The highest BCUT2D eigenvalue weighted by Crippen LogP contribution is 2.41. The molecule has 0 aromatic heterocycles. The molecule has 2 aliphatic rings. The molecule has 5 heteroatoms. The Kier molecular flexibility index (Phi) is 2.19. The number of ether oxygens (including phenoxy) is 1. The highest BCUT2D eigenvalue weighted by molar-refractivity contribution is 9.10. The smallest absolute Gasteiger partial charge is 0.412 e. The summed E-state index contributed by atoms with van der Waals surface area (Å²) in [6.07, 6.45) is 0.461. The van der Waals surface area contributed by atoms with E-state index < -0.39 is 5.60 Å². The molecule has 16 heavy (non-hydrogen) atoms. The lowest BCUT2D eigenvalue weighted by atomic mass is 9.90. The van der Waals surface area contributed by atoms with Gasteiger partial charge < -0.3 is 10.1 Å². The van der Waals surface area contributed by atoms with Crippen molar-refractivity contribution in [3.05, 3.63) is 28.2 Å². The first-order chi connectivity index (χ1) is 7.70. The van der Waals surface area contributed by atoms with E-state index in [1.165, 1.54) is 0 Å². The summed E-state index contributed by atoms with van der Waals surface area (Å²) in [4.78, 5) is 11.5. The predicted molar refractivity (Wildman–Crippen MR) is 63.4 cm³/mol. The van der Waals surface area contributed by atoms with Crippen LogP contribution < -0.4 is 10.6 Å². The van der Waals surface area contributed by atoms with E-state index in [0.717, 1.165) is 28.7 Å². The normalized spacial score (nSPS) is 27.4. The van der Waals surface area contributed by atoms with Crippen molar-refractivity contribution in [2.75, 3.05) is 18.4 Å². The molecule has 0 radical (unpaired) electrons. The molecule has 0 bridgehead atoms. The SMILES string of the molecule is O=C1Nc2ccc(Br)cc2C2(CCNC2)O1. The van der Waals surface area contributed by atoms with E-state index in [4.69, 9.17) is 4.74 Å². The standard InChI is InChI=1S/C11H11BrN2O2/c12-7-1-2-9-8(5-7)11(3-4-13-6-11)16-10(15)14-9/h1-2,5,13H,3-4,6H2,(H,14,15).